The van der Waals surface area contributed by atoms with Crippen LogP contribution in [-0.2, 0) is 63.7 Å². The van der Waals surface area contributed by atoms with Gasteiger partial charge in [0.15, 0.2) is 5.78 Å². The molecule has 1 N–H and O–H groups in total. The maximum Gasteiger partial charge on any atom is 2.00 e. The summed E-state index contributed by atoms with van der Waals surface area (Å²) < 4.78 is 22.3. The van der Waals surface area contributed by atoms with Gasteiger partial charge in [-0.25, -0.2) is 4.67 Å². The van der Waals surface area contributed by atoms with E-state index in [0.717, 1.165) is 31.2 Å². The summed E-state index contributed by atoms with van der Waals surface area (Å²) >= 11 is 0. The Morgan fingerprint density at radius 1 is 0.662 bits per heavy atom. The fraction of sp³-hybridized carbons (Fsp3) is 0.719. The van der Waals surface area contributed by atoms with Gasteiger partial charge in [0.1, 0.15) is 20.8 Å². The third kappa shape index (κ3) is 34.9. The zero-order valence-electron chi connectivity index (χ0n) is 46.8. The summed E-state index contributed by atoms with van der Waals surface area (Å²) in [5.74, 6) is 3.80. The second-order valence-corrected chi connectivity index (χ2v) is 22.6. The molecule has 2 atom stereocenters. The minimum atomic E-state index is -1.23. The van der Waals surface area contributed by atoms with Crippen molar-refractivity contribution in [3.8, 4) is 18.4 Å². The molecule has 4 aliphatic carbocycles. The smallest absolute Gasteiger partial charge is 0.358 e. The first kappa shape index (κ1) is 78.7. The van der Waals surface area contributed by atoms with Gasteiger partial charge in [-0.2, -0.15) is 5.26 Å². The van der Waals surface area contributed by atoms with E-state index in [1.54, 1.807) is 0 Å². The van der Waals surface area contributed by atoms with Gasteiger partial charge in [0.25, 0.3) is 8.53 Å². The van der Waals surface area contributed by atoms with Crippen LogP contribution in [0.5, 0.6) is 0 Å². The molecule has 2 unspecified atom stereocenters. The molecule has 0 heterocycles. The molecule has 1 aromatic rings. The Labute approximate surface area is 462 Å². The SMILES string of the molecule is C#CCCOP(OCNC(=O)C1CCCC1)N(C(C)C)C(C)C.C1CCCC1.C1CCCC1.CC(C)N(C(C)C)P(CCC(=O)c1ccc(CC(=O)CC2CCCC2)cc1)OCCC#N.[CH3-].[CH3-].[CH3-].[CH3-].[Fe+2].[Fe+2]. The van der Waals surface area contributed by atoms with Crippen molar-refractivity contribution in [3.63, 3.8) is 0 Å². The number of Topliss-reactive ketones (excluding diaryl/α,β-unsaturated/α-hetero) is 2. The van der Waals surface area contributed by atoms with Gasteiger partial charge in [0, 0.05) is 67.5 Å². The number of ketones is 2. The molecule has 10 nitrogen and oxygen atoms in total. The molecule has 0 spiro atoms. The van der Waals surface area contributed by atoms with E-state index in [9.17, 15) is 14.4 Å². The summed E-state index contributed by atoms with van der Waals surface area (Å²) in [5, 5.41) is 11.7. The second kappa shape index (κ2) is 48.4. The first-order valence-corrected chi connectivity index (χ1v) is 28.1. The minimum absolute atomic E-state index is 0. The predicted octanol–water partition coefficient (Wildman–Crippen LogP) is 15.7. The van der Waals surface area contributed by atoms with Crippen LogP contribution in [0.15, 0.2) is 24.3 Å². The predicted molar refractivity (Wildman–Crippen MR) is 297 cm³/mol. The Hall–Kier alpha value is -1.22. The molecule has 412 valence electrons. The van der Waals surface area contributed by atoms with Crippen LogP contribution < -0.4 is 5.32 Å². The first-order valence-electron chi connectivity index (χ1n) is 25.5. The molecule has 0 bridgehead atoms. The van der Waals surface area contributed by atoms with E-state index in [1.165, 1.54) is 89.9 Å². The van der Waals surface area contributed by atoms with Crippen molar-refractivity contribution in [3.05, 3.63) is 65.1 Å². The fourth-order valence-corrected chi connectivity index (χ4v) is 12.9. The van der Waals surface area contributed by atoms with Crippen LogP contribution >= 0.6 is 16.8 Å². The van der Waals surface area contributed by atoms with Crippen LogP contribution in [0.4, 0.5) is 0 Å². The second-order valence-electron chi connectivity index (χ2n) is 19.2. The Morgan fingerprint density at radius 3 is 1.55 bits per heavy atom. The molecule has 4 aliphatic rings. The number of carbonyl (C=O) groups is 3. The van der Waals surface area contributed by atoms with Gasteiger partial charge >= 0.3 is 34.1 Å². The normalized spacial score (nSPS) is 15.8. The van der Waals surface area contributed by atoms with Crippen molar-refractivity contribution in [1.29, 1.82) is 5.26 Å². The summed E-state index contributed by atoms with van der Waals surface area (Å²) in [6.45, 7) is 18.0. The Bertz CT molecular complexity index is 1480. The molecule has 0 aromatic heterocycles. The van der Waals surface area contributed by atoms with Crippen LogP contribution in [0.25, 0.3) is 0 Å². The van der Waals surface area contributed by atoms with Gasteiger partial charge in [0.05, 0.1) is 25.7 Å². The fourth-order valence-electron chi connectivity index (χ4n) is 9.13. The molecule has 0 saturated heterocycles. The maximum atomic E-state index is 12.8. The topological polar surface area (TPSA) is 121 Å². The van der Waals surface area contributed by atoms with Crippen molar-refractivity contribution in [2.75, 3.05) is 26.1 Å². The number of nitrogens with one attached hydrogen (secondary N) is 1. The van der Waals surface area contributed by atoms with E-state index >= 15 is 0 Å². The molecule has 14 heteroatoms. The quantitative estimate of drug-likeness (QED) is 0.0205. The Morgan fingerprint density at radius 2 is 1.11 bits per heavy atom. The van der Waals surface area contributed by atoms with Gasteiger partial charge in [-0.3, -0.25) is 19.1 Å². The average Bonchev–Trinajstić information content (AvgIpc) is 4.13. The molecule has 4 saturated carbocycles. The largest absolute Gasteiger partial charge is 2.00 e. The summed E-state index contributed by atoms with van der Waals surface area (Å²) in [7, 11) is -2.18. The number of terminal acetylenes is 1. The number of carbonyl (C=O) groups excluding carboxylic acids is 3. The molecule has 4 fully saturated rings. The van der Waals surface area contributed by atoms with Crippen LogP contribution in [0.1, 0.15) is 213 Å². The monoisotopic (exact) mass is 1110 g/mol. The number of hydrogen-bond acceptors (Lipinski definition) is 9. The molecular weight excluding hydrogens is 1010 g/mol. The zero-order chi connectivity index (χ0) is 47.8. The van der Waals surface area contributed by atoms with Gasteiger partial charge in [0.2, 0.25) is 5.91 Å². The van der Waals surface area contributed by atoms with E-state index in [0.29, 0.717) is 80.8 Å². The van der Waals surface area contributed by atoms with E-state index < -0.39 is 16.8 Å². The molecule has 1 amide bonds. The van der Waals surface area contributed by atoms with Gasteiger partial charge in [-0.05, 0) is 79.7 Å². The molecule has 0 aliphatic heterocycles. The van der Waals surface area contributed by atoms with E-state index in [2.05, 4.69) is 82.0 Å². The van der Waals surface area contributed by atoms with Gasteiger partial charge in [-0.15, -0.1) is 12.3 Å². The van der Waals surface area contributed by atoms with Crippen molar-refractivity contribution in [2.24, 2.45) is 11.8 Å². The Balaban J connectivity index is -0.000000325. The zero-order valence-corrected chi connectivity index (χ0v) is 50.8. The van der Waals surface area contributed by atoms with Crippen molar-refractivity contribution in [1.82, 2.24) is 14.7 Å². The van der Waals surface area contributed by atoms with Crippen molar-refractivity contribution < 1.29 is 62.1 Å². The molecular formula is C57H102Fe2N4O6P2. The van der Waals surface area contributed by atoms with Gasteiger partial charge in [-0.1, -0.05) is 127 Å². The summed E-state index contributed by atoms with van der Waals surface area (Å²) in [4.78, 5) is 37.2. The molecule has 1 aromatic carbocycles. The average molecular weight is 1110 g/mol. The van der Waals surface area contributed by atoms with E-state index in [-0.39, 0.29) is 100 Å². The van der Waals surface area contributed by atoms with Crippen LogP contribution in [0.3, 0.4) is 0 Å². The molecule has 71 heavy (non-hydrogen) atoms. The number of nitrogens with zero attached hydrogens (tertiary/aromatic N) is 3. The number of rotatable bonds is 24. The Kier molecular flexibility index (Phi) is 53.6. The third-order valence-corrected chi connectivity index (χ3v) is 16.9. The molecule has 0 radical (unpaired) electrons. The van der Waals surface area contributed by atoms with Crippen molar-refractivity contribution >= 4 is 34.3 Å². The number of benzene rings is 1. The standard InChI is InChI=1S/C26H39N2O3P.C17H31N2O3P.2C5H10.4CH3.2Fe/c1-20(2)28(21(3)4)32(31-16-7-15-27)17-14-26(30)24-12-10-23(11-13-24)19-25(29)18-22-8-5-6-9-22;1-6-7-12-21-23(19(14(2)3)15(4)5)22-13-18-17(20)16-10-8-9-11-16;2*1-2-4-5-3-1;;;;;;/h10-13,20-22H,5-9,14,16-19H2,1-4H3;1,14-16H,7-13H2,2-5H3,(H,18,20);2*1-5H2;4*1H3;;/q;;;;4*-1;2*+2. The van der Waals surface area contributed by atoms with Crippen molar-refractivity contribution in [2.45, 2.75) is 227 Å². The molecule has 5 rings (SSSR count). The van der Waals surface area contributed by atoms with Gasteiger partial charge < -0.3 is 48.6 Å². The summed E-state index contributed by atoms with van der Waals surface area (Å²) in [5.41, 5.74) is 1.67. The maximum absolute atomic E-state index is 12.8. The van der Waals surface area contributed by atoms with Crippen LogP contribution in [-0.4, -0.2) is 77.1 Å². The first-order chi connectivity index (χ1) is 31.3. The summed E-state index contributed by atoms with van der Waals surface area (Å²) in [6.07, 6.45) is 32.6. The number of amides is 1. The minimum Gasteiger partial charge on any atom is -0.358 e. The van der Waals surface area contributed by atoms with Crippen LogP contribution in [0, 0.1) is 65.2 Å². The summed E-state index contributed by atoms with van der Waals surface area (Å²) in [6, 6.07) is 10.8. The van der Waals surface area contributed by atoms with E-state index in [1.807, 2.05) is 24.3 Å². The van der Waals surface area contributed by atoms with Crippen LogP contribution in [0.2, 0.25) is 0 Å². The number of hydrogen-bond donors (Lipinski definition) is 1. The van der Waals surface area contributed by atoms with E-state index in [4.69, 9.17) is 25.3 Å². The third-order valence-electron chi connectivity index (χ3n) is 12.3. The number of nitriles is 1.